The third kappa shape index (κ3) is 6.26. The summed E-state index contributed by atoms with van der Waals surface area (Å²) in [6, 6.07) is 8.90. The van der Waals surface area contributed by atoms with Crippen molar-refractivity contribution in [3.63, 3.8) is 0 Å². The van der Waals surface area contributed by atoms with Crippen molar-refractivity contribution in [2.75, 3.05) is 25.6 Å². The zero-order valence-electron chi connectivity index (χ0n) is 23.7. The molecule has 3 aliphatic rings. The molecule has 2 amide bonds. The van der Waals surface area contributed by atoms with Crippen molar-refractivity contribution in [2.24, 2.45) is 16.1 Å². The first-order valence-electron chi connectivity index (χ1n) is 14.2. The molecule has 216 valence electrons. The summed E-state index contributed by atoms with van der Waals surface area (Å²) in [6.45, 7) is 4.93. The predicted octanol–water partition coefficient (Wildman–Crippen LogP) is 5.10. The van der Waals surface area contributed by atoms with Gasteiger partial charge in [0.25, 0.3) is 0 Å². The van der Waals surface area contributed by atoms with E-state index >= 15 is 0 Å². The van der Waals surface area contributed by atoms with Crippen LogP contribution < -0.4 is 20.2 Å². The van der Waals surface area contributed by atoms with E-state index in [1.54, 1.807) is 24.3 Å². The zero-order chi connectivity index (χ0) is 28.9. The Morgan fingerprint density at radius 1 is 1.12 bits per heavy atom. The summed E-state index contributed by atoms with van der Waals surface area (Å²) in [7, 11) is 1.67. The molecule has 5 rings (SSSR count). The largest absolute Gasteiger partial charge is 0.495 e. The summed E-state index contributed by atoms with van der Waals surface area (Å²) >= 11 is 0. The van der Waals surface area contributed by atoms with Crippen molar-refractivity contribution < 1.29 is 23.5 Å². The van der Waals surface area contributed by atoms with Crippen LogP contribution in [-0.2, 0) is 9.59 Å². The van der Waals surface area contributed by atoms with Gasteiger partial charge in [0.2, 0.25) is 11.8 Å². The number of rotatable bonds is 10. The number of fused-ring (bicyclic) bond motifs is 1. The summed E-state index contributed by atoms with van der Waals surface area (Å²) < 4.78 is 25.9. The number of nitrogens with one attached hydrogen (secondary N) is 2. The second-order valence-electron chi connectivity index (χ2n) is 10.5. The third-order valence-corrected chi connectivity index (χ3v) is 7.62. The lowest BCUT2D eigenvalue weighted by Crippen LogP contribution is -2.37. The van der Waals surface area contributed by atoms with Crippen LogP contribution in [0.4, 0.5) is 10.1 Å². The molecule has 0 saturated carbocycles. The molecule has 0 spiro atoms. The maximum Gasteiger partial charge on any atom is 0.243 e. The second-order valence-corrected chi connectivity index (χ2v) is 10.5. The molecular formula is C31H36FN5O4. The van der Waals surface area contributed by atoms with Gasteiger partial charge in [-0.1, -0.05) is 26.0 Å². The molecule has 0 bridgehead atoms. The molecule has 0 aromatic heterocycles. The van der Waals surface area contributed by atoms with Crippen molar-refractivity contribution in [3.05, 3.63) is 58.9 Å². The molecule has 2 aromatic carbocycles. The topological polar surface area (TPSA) is 105 Å². The summed E-state index contributed by atoms with van der Waals surface area (Å²) in [5.74, 6) is 0.301. The SMILES string of the molecule is CCC1C=Cc2c(C3=NN(CCCCOc4ccc(C5=NNC(=O)CC5)cc4F)C(=O)CC3C)ccc(OC)c2N1. The molecule has 0 saturated heterocycles. The van der Waals surface area contributed by atoms with Crippen molar-refractivity contribution in [3.8, 4) is 11.5 Å². The van der Waals surface area contributed by atoms with Gasteiger partial charge in [0.1, 0.15) is 5.75 Å². The van der Waals surface area contributed by atoms with Crippen LogP contribution in [0.3, 0.4) is 0 Å². The Labute approximate surface area is 239 Å². The molecule has 0 aliphatic carbocycles. The number of unbranched alkanes of at least 4 members (excludes halogenated alkanes) is 1. The fourth-order valence-electron chi connectivity index (χ4n) is 5.27. The molecule has 10 heteroatoms. The molecular weight excluding hydrogens is 525 g/mol. The number of nitrogens with zero attached hydrogens (tertiary/aromatic N) is 3. The quantitative estimate of drug-likeness (QED) is 0.393. The van der Waals surface area contributed by atoms with Crippen LogP contribution in [-0.4, -0.2) is 54.5 Å². The average Bonchev–Trinajstić information content (AvgIpc) is 2.98. The van der Waals surface area contributed by atoms with E-state index in [0.29, 0.717) is 56.5 Å². The number of hydrazone groups is 2. The van der Waals surface area contributed by atoms with Crippen molar-refractivity contribution in [1.29, 1.82) is 0 Å². The minimum Gasteiger partial charge on any atom is -0.495 e. The fourth-order valence-corrected chi connectivity index (χ4v) is 5.27. The van der Waals surface area contributed by atoms with E-state index in [9.17, 15) is 14.0 Å². The third-order valence-electron chi connectivity index (χ3n) is 7.62. The maximum absolute atomic E-state index is 14.6. The van der Waals surface area contributed by atoms with Gasteiger partial charge in [-0.25, -0.2) is 14.8 Å². The first-order valence-corrected chi connectivity index (χ1v) is 14.2. The van der Waals surface area contributed by atoms with Crippen LogP contribution >= 0.6 is 0 Å². The Morgan fingerprint density at radius 3 is 2.68 bits per heavy atom. The second kappa shape index (κ2) is 12.5. The van der Waals surface area contributed by atoms with Crippen LogP contribution in [0.2, 0.25) is 0 Å². The van der Waals surface area contributed by atoms with E-state index in [0.717, 1.165) is 34.7 Å². The van der Waals surface area contributed by atoms with E-state index < -0.39 is 5.82 Å². The van der Waals surface area contributed by atoms with Crippen molar-refractivity contribution >= 4 is 35.0 Å². The number of methoxy groups -OCH3 is 1. The maximum atomic E-state index is 14.6. The lowest BCUT2D eigenvalue weighted by Gasteiger charge is -2.30. The average molecular weight is 562 g/mol. The molecule has 2 aromatic rings. The Hall–Kier alpha value is -4.21. The Balaban J connectivity index is 1.20. The summed E-state index contributed by atoms with van der Waals surface area (Å²) in [4.78, 5) is 24.1. The molecule has 2 unspecified atom stereocenters. The lowest BCUT2D eigenvalue weighted by atomic mass is 9.88. The van der Waals surface area contributed by atoms with E-state index in [4.69, 9.17) is 14.6 Å². The Kier molecular flexibility index (Phi) is 8.66. The number of amides is 2. The molecule has 9 nitrogen and oxygen atoms in total. The molecule has 0 fully saturated rings. The number of anilines is 1. The highest BCUT2D eigenvalue weighted by Crippen LogP contribution is 2.38. The molecule has 2 N–H and O–H groups in total. The van der Waals surface area contributed by atoms with Gasteiger partial charge in [0, 0.05) is 54.5 Å². The normalized spacial score (nSPS) is 20.0. The summed E-state index contributed by atoms with van der Waals surface area (Å²) in [5, 5.41) is 13.9. The fraction of sp³-hybridized carbons (Fsp3) is 0.419. The predicted molar refractivity (Wildman–Crippen MR) is 157 cm³/mol. The van der Waals surface area contributed by atoms with E-state index in [-0.39, 0.29) is 29.5 Å². The van der Waals surface area contributed by atoms with Gasteiger partial charge >= 0.3 is 0 Å². The number of halogens is 1. The van der Waals surface area contributed by atoms with Gasteiger partial charge in [0.15, 0.2) is 11.6 Å². The van der Waals surface area contributed by atoms with E-state index in [1.807, 2.05) is 19.1 Å². The number of ether oxygens (including phenoxy) is 2. The number of hydrogen-bond donors (Lipinski definition) is 2. The van der Waals surface area contributed by atoms with Crippen LogP contribution in [0.5, 0.6) is 11.5 Å². The highest BCUT2D eigenvalue weighted by molar-refractivity contribution is 6.09. The smallest absolute Gasteiger partial charge is 0.243 e. The highest BCUT2D eigenvalue weighted by Gasteiger charge is 2.30. The van der Waals surface area contributed by atoms with Gasteiger partial charge in [-0.3, -0.25) is 9.59 Å². The minimum absolute atomic E-state index is 0.00675. The van der Waals surface area contributed by atoms with Gasteiger partial charge in [-0.05, 0) is 49.6 Å². The van der Waals surface area contributed by atoms with Gasteiger partial charge in [-0.2, -0.15) is 10.2 Å². The Bertz CT molecular complexity index is 1420. The lowest BCUT2D eigenvalue weighted by molar-refractivity contribution is -0.132. The number of carbonyl (C=O) groups excluding carboxylic acids is 2. The van der Waals surface area contributed by atoms with Crippen LogP contribution in [0.1, 0.15) is 69.1 Å². The summed E-state index contributed by atoms with van der Waals surface area (Å²) in [6.07, 6.45) is 7.72. The van der Waals surface area contributed by atoms with Gasteiger partial charge < -0.3 is 14.8 Å². The van der Waals surface area contributed by atoms with E-state index in [2.05, 4.69) is 34.9 Å². The minimum atomic E-state index is -0.479. The van der Waals surface area contributed by atoms with Crippen molar-refractivity contribution in [2.45, 2.75) is 58.4 Å². The number of hydrogen-bond acceptors (Lipinski definition) is 7. The number of carbonyl (C=O) groups is 2. The first-order chi connectivity index (χ1) is 19.9. The van der Waals surface area contributed by atoms with Gasteiger partial charge in [0.05, 0.1) is 30.8 Å². The molecule has 0 radical (unpaired) electrons. The molecule has 3 heterocycles. The zero-order valence-corrected chi connectivity index (χ0v) is 23.7. The molecule has 3 aliphatic heterocycles. The first kappa shape index (κ1) is 28.3. The molecule has 2 atom stereocenters. The Morgan fingerprint density at radius 2 is 1.95 bits per heavy atom. The standard InChI is InChI=1S/C31H36FN5O4/c1-4-21-8-9-23-22(10-13-27(40-3)31(23)33-21)30-19(2)17-29(39)37(36-30)15-5-6-16-41-26-12-7-20(18-24(26)32)25-11-14-28(38)35-34-25/h7-10,12-13,18-19,21,33H,4-6,11,14-17H2,1-3H3,(H,35,38). The highest BCUT2D eigenvalue weighted by atomic mass is 19.1. The van der Waals surface area contributed by atoms with Crippen LogP contribution in [0.15, 0.2) is 46.6 Å². The number of benzene rings is 2. The molecule has 41 heavy (non-hydrogen) atoms. The summed E-state index contributed by atoms with van der Waals surface area (Å²) in [5.41, 5.74) is 7.54. The van der Waals surface area contributed by atoms with Crippen molar-refractivity contribution in [1.82, 2.24) is 10.4 Å². The van der Waals surface area contributed by atoms with Gasteiger partial charge in [-0.15, -0.1) is 0 Å². The van der Waals surface area contributed by atoms with E-state index in [1.165, 1.54) is 6.07 Å². The van der Waals surface area contributed by atoms with Crippen LogP contribution in [0, 0.1) is 11.7 Å². The monoisotopic (exact) mass is 561 g/mol. The van der Waals surface area contributed by atoms with Crippen LogP contribution in [0.25, 0.3) is 6.08 Å².